The number of nitrogens with one attached hydrogen (secondary N) is 1. The third-order valence-corrected chi connectivity index (χ3v) is 4.70. The van der Waals surface area contributed by atoms with Gasteiger partial charge in [-0.1, -0.05) is 18.2 Å². The minimum Gasteiger partial charge on any atom is -0.493 e. The second kappa shape index (κ2) is 6.60. The molecule has 0 radical (unpaired) electrons. The van der Waals surface area contributed by atoms with Gasteiger partial charge in [-0.15, -0.1) is 0 Å². The number of ether oxygens (including phenoxy) is 2. The Morgan fingerprint density at radius 3 is 2.77 bits per heavy atom. The summed E-state index contributed by atoms with van der Waals surface area (Å²) >= 11 is 0. The quantitative estimate of drug-likeness (QED) is 0.896. The number of nitrogens with zero attached hydrogens (tertiary/aromatic N) is 2. The molecule has 1 amide bonds. The summed E-state index contributed by atoms with van der Waals surface area (Å²) in [4.78, 5) is 15.0. The molecular weight excluding hydrogens is 330 g/mol. The van der Waals surface area contributed by atoms with Crippen molar-refractivity contribution in [3.63, 3.8) is 0 Å². The van der Waals surface area contributed by atoms with Gasteiger partial charge in [-0.2, -0.15) is 5.26 Å². The molecule has 1 aliphatic carbocycles. The van der Waals surface area contributed by atoms with Crippen LogP contribution in [0, 0.1) is 11.3 Å². The van der Waals surface area contributed by atoms with Gasteiger partial charge in [0.15, 0.2) is 18.1 Å². The van der Waals surface area contributed by atoms with E-state index in [9.17, 15) is 4.79 Å². The number of anilines is 1. The van der Waals surface area contributed by atoms with Gasteiger partial charge >= 0.3 is 0 Å². The zero-order valence-electron chi connectivity index (χ0n) is 14.4. The van der Waals surface area contributed by atoms with Crippen LogP contribution in [0.5, 0.6) is 11.5 Å². The van der Waals surface area contributed by atoms with E-state index in [0.29, 0.717) is 17.1 Å². The summed E-state index contributed by atoms with van der Waals surface area (Å²) in [5.41, 5.74) is 2.46. The molecule has 4 rings (SSSR count). The van der Waals surface area contributed by atoms with E-state index in [-0.39, 0.29) is 24.7 Å². The second-order valence-corrected chi connectivity index (χ2v) is 6.39. The average Bonchev–Trinajstić information content (AvgIpc) is 3.51. The number of hydrogen-bond acceptors (Lipinski definition) is 5. The third-order valence-electron chi connectivity index (χ3n) is 4.70. The minimum atomic E-state index is -0.260. The molecule has 2 aliphatic rings. The molecule has 132 valence electrons. The molecule has 6 heteroatoms. The van der Waals surface area contributed by atoms with E-state index in [1.165, 1.54) is 0 Å². The number of hydrogen-bond donors (Lipinski definition) is 1. The number of nitriles is 1. The van der Waals surface area contributed by atoms with Crippen LogP contribution in [0.1, 0.15) is 34.9 Å². The Bertz CT molecular complexity index is 886. The van der Waals surface area contributed by atoms with Crippen molar-refractivity contribution in [3.8, 4) is 17.6 Å². The second-order valence-electron chi connectivity index (χ2n) is 6.39. The normalized spacial score (nSPS) is 18.5. The molecule has 0 bridgehead atoms. The lowest BCUT2D eigenvalue weighted by Crippen LogP contribution is -2.44. The molecule has 2 aromatic rings. The molecule has 0 aromatic heterocycles. The lowest BCUT2D eigenvalue weighted by molar-refractivity contribution is 0.0666. The Labute approximate surface area is 151 Å². The first-order valence-electron chi connectivity index (χ1n) is 8.59. The van der Waals surface area contributed by atoms with Crippen molar-refractivity contribution < 1.29 is 14.3 Å². The molecule has 1 N–H and O–H groups in total. The topological polar surface area (TPSA) is 74.6 Å². The van der Waals surface area contributed by atoms with Crippen molar-refractivity contribution in [1.29, 1.82) is 5.26 Å². The van der Waals surface area contributed by atoms with Crippen LogP contribution in [0.25, 0.3) is 0 Å². The van der Waals surface area contributed by atoms with Crippen LogP contribution >= 0.6 is 0 Å². The maximum absolute atomic E-state index is 13.0. The molecule has 26 heavy (non-hydrogen) atoms. The Morgan fingerprint density at radius 2 is 2.04 bits per heavy atom. The highest BCUT2D eigenvalue weighted by atomic mass is 16.5. The van der Waals surface area contributed by atoms with Gasteiger partial charge in [0.05, 0.1) is 12.7 Å². The molecule has 1 atom stereocenters. The summed E-state index contributed by atoms with van der Waals surface area (Å²) in [6.45, 7) is -0.0442. The Morgan fingerprint density at radius 1 is 1.23 bits per heavy atom. The largest absolute Gasteiger partial charge is 0.493 e. The van der Waals surface area contributed by atoms with Gasteiger partial charge in [-0.25, -0.2) is 0 Å². The van der Waals surface area contributed by atoms with E-state index in [2.05, 4.69) is 5.32 Å². The fourth-order valence-electron chi connectivity index (χ4n) is 3.33. The van der Waals surface area contributed by atoms with Crippen LogP contribution in [0.15, 0.2) is 42.5 Å². The van der Waals surface area contributed by atoms with Crippen molar-refractivity contribution in [2.75, 3.05) is 19.0 Å². The van der Waals surface area contributed by atoms with E-state index in [1.807, 2.05) is 47.4 Å². The number of amides is 1. The van der Waals surface area contributed by atoms with Gasteiger partial charge in [0.1, 0.15) is 12.2 Å². The zero-order valence-corrected chi connectivity index (χ0v) is 14.4. The first-order valence-corrected chi connectivity index (χ1v) is 8.59. The maximum Gasteiger partial charge on any atom is 0.258 e. The molecule has 1 aliphatic heterocycles. The molecule has 1 heterocycles. The summed E-state index contributed by atoms with van der Waals surface area (Å²) in [5.74, 6) is 1.11. The fraction of sp³-hybridized carbons (Fsp3) is 0.300. The molecule has 1 saturated carbocycles. The van der Waals surface area contributed by atoms with Crippen LogP contribution in [0.3, 0.4) is 0 Å². The number of para-hydroxylation sites is 1. The van der Waals surface area contributed by atoms with Crippen LogP contribution < -0.4 is 14.8 Å². The number of carbonyl (C=O) groups is 1. The van der Waals surface area contributed by atoms with Crippen molar-refractivity contribution in [2.45, 2.75) is 25.0 Å². The van der Waals surface area contributed by atoms with Crippen LogP contribution in [-0.4, -0.2) is 30.6 Å². The first kappa shape index (κ1) is 16.3. The van der Waals surface area contributed by atoms with E-state index in [1.54, 1.807) is 13.2 Å². The van der Waals surface area contributed by atoms with E-state index < -0.39 is 0 Å². The molecule has 0 unspecified atom stereocenters. The number of rotatable bonds is 5. The smallest absolute Gasteiger partial charge is 0.258 e. The predicted molar refractivity (Wildman–Crippen MR) is 96.1 cm³/mol. The van der Waals surface area contributed by atoms with Gasteiger partial charge in [-0.3, -0.25) is 4.79 Å². The fourth-order valence-corrected chi connectivity index (χ4v) is 3.33. The van der Waals surface area contributed by atoms with Gasteiger partial charge in [0.25, 0.3) is 5.91 Å². The van der Waals surface area contributed by atoms with Gasteiger partial charge in [0.2, 0.25) is 0 Å². The Balaban J connectivity index is 1.72. The SMILES string of the molecule is COc1cc([C@@H]2Nc3ccccc3C(=O)N2C2CC2)ccc1OCC#N. The van der Waals surface area contributed by atoms with Crippen LogP contribution in [-0.2, 0) is 0 Å². The van der Waals surface area contributed by atoms with Gasteiger partial charge in [-0.05, 0) is 42.7 Å². The van der Waals surface area contributed by atoms with Gasteiger partial charge < -0.3 is 19.7 Å². The third kappa shape index (κ3) is 2.82. The lowest BCUT2D eigenvalue weighted by Gasteiger charge is -2.38. The monoisotopic (exact) mass is 349 g/mol. The highest BCUT2D eigenvalue weighted by Crippen LogP contribution is 2.42. The minimum absolute atomic E-state index is 0.0442. The van der Waals surface area contributed by atoms with Crippen LogP contribution in [0.2, 0.25) is 0 Å². The van der Waals surface area contributed by atoms with Crippen LogP contribution in [0.4, 0.5) is 5.69 Å². The summed E-state index contributed by atoms with van der Waals surface area (Å²) in [6, 6.07) is 15.3. The summed E-state index contributed by atoms with van der Waals surface area (Å²) in [5, 5.41) is 12.2. The van der Waals surface area contributed by atoms with E-state index in [4.69, 9.17) is 14.7 Å². The lowest BCUT2D eigenvalue weighted by atomic mass is 10.0. The maximum atomic E-state index is 13.0. The molecule has 6 nitrogen and oxygen atoms in total. The number of benzene rings is 2. The summed E-state index contributed by atoms with van der Waals surface area (Å²) < 4.78 is 10.8. The predicted octanol–water partition coefficient (Wildman–Crippen LogP) is 3.33. The average molecular weight is 349 g/mol. The highest BCUT2D eigenvalue weighted by molar-refractivity contribution is 6.02. The standard InChI is InChI=1S/C20H19N3O3/c1-25-18-12-13(6-9-17(18)26-11-10-21)19-22-16-5-3-2-4-15(16)20(24)23(19)14-7-8-14/h2-6,9,12,14,19,22H,7-8,11H2,1H3/t19-/m1/s1. The van der Waals surface area contributed by atoms with Crippen molar-refractivity contribution in [3.05, 3.63) is 53.6 Å². The molecule has 1 fully saturated rings. The van der Waals surface area contributed by atoms with Crippen molar-refractivity contribution >= 4 is 11.6 Å². The van der Waals surface area contributed by atoms with Gasteiger partial charge in [0, 0.05) is 11.7 Å². The first-order chi connectivity index (χ1) is 12.7. The summed E-state index contributed by atoms with van der Waals surface area (Å²) in [7, 11) is 1.56. The molecule has 0 spiro atoms. The number of fused-ring (bicyclic) bond motifs is 1. The molecular formula is C20H19N3O3. The molecule has 0 saturated heterocycles. The Hall–Kier alpha value is -3.20. The Kier molecular flexibility index (Phi) is 4.13. The number of methoxy groups -OCH3 is 1. The van der Waals surface area contributed by atoms with E-state index >= 15 is 0 Å². The summed E-state index contributed by atoms with van der Waals surface area (Å²) in [6.07, 6.45) is 1.78. The molecule has 2 aromatic carbocycles. The highest BCUT2D eigenvalue weighted by Gasteiger charge is 2.42. The van der Waals surface area contributed by atoms with E-state index in [0.717, 1.165) is 24.1 Å². The zero-order chi connectivity index (χ0) is 18.1. The number of carbonyl (C=O) groups excluding carboxylic acids is 1. The van der Waals surface area contributed by atoms with Crippen molar-refractivity contribution in [1.82, 2.24) is 4.90 Å². The van der Waals surface area contributed by atoms with Crippen molar-refractivity contribution in [2.24, 2.45) is 0 Å².